The maximum absolute atomic E-state index is 12.1. The highest BCUT2D eigenvalue weighted by molar-refractivity contribution is 9.11. The summed E-state index contributed by atoms with van der Waals surface area (Å²) in [4.78, 5) is 12.8. The molecule has 1 aromatic carbocycles. The fourth-order valence-corrected chi connectivity index (χ4v) is 3.17. The van der Waals surface area contributed by atoms with E-state index in [1.54, 1.807) is 18.2 Å². The number of carbonyl (C=O) groups excluding carboxylic acids is 1. The summed E-state index contributed by atoms with van der Waals surface area (Å²) < 4.78 is 1.66. The van der Waals surface area contributed by atoms with Crippen molar-refractivity contribution in [3.05, 3.63) is 54.1 Å². The van der Waals surface area contributed by atoms with E-state index in [2.05, 4.69) is 31.9 Å². The van der Waals surface area contributed by atoms with E-state index < -0.39 is 0 Å². The number of carbonyl (C=O) groups is 1. The third-order valence-electron chi connectivity index (χ3n) is 1.99. The average molecular weight is 380 g/mol. The van der Waals surface area contributed by atoms with Crippen LogP contribution in [0.1, 0.15) is 15.2 Å². The van der Waals surface area contributed by atoms with Crippen molar-refractivity contribution in [1.82, 2.24) is 0 Å². The fraction of sp³-hybridized carbons (Fsp3) is 0. The third-order valence-corrected chi connectivity index (χ3v) is 4.91. The zero-order valence-electron chi connectivity index (χ0n) is 7.84. The SMILES string of the molecule is O=C(c1ccc(Br)s1)c1cccc(Br)c1Cl. The van der Waals surface area contributed by atoms with Gasteiger partial charge < -0.3 is 0 Å². The maximum Gasteiger partial charge on any atom is 0.204 e. The molecule has 0 bridgehead atoms. The zero-order chi connectivity index (χ0) is 11.7. The van der Waals surface area contributed by atoms with E-state index in [1.807, 2.05) is 12.1 Å². The van der Waals surface area contributed by atoms with Crippen molar-refractivity contribution in [1.29, 1.82) is 0 Å². The number of benzene rings is 1. The van der Waals surface area contributed by atoms with Gasteiger partial charge in [-0.15, -0.1) is 11.3 Å². The Balaban J connectivity index is 2.45. The smallest absolute Gasteiger partial charge is 0.204 e. The first-order chi connectivity index (χ1) is 7.59. The fourth-order valence-electron chi connectivity index (χ4n) is 1.25. The van der Waals surface area contributed by atoms with Crippen molar-refractivity contribution in [3.8, 4) is 0 Å². The largest absolute Gasteiger partial charge is 0.288 e. The predicted molar refractivity (Wildman–Crippen MR) is 74.6 cm³/mol. The number of hydrogen-bond acceptors (Lipinski definition) is 2. The summed E-state index contributed by atoms with van der Waals surface area (Å²) in [6.07, 6.45) is 0. The highest BCUT2D eigenvalue weighted by Crippen LogP contribution is 2.30. The maximum atomic E-state index is 12.1. The van der Waals surface area contributed by atoms with Crippen LogP contribution < -0.4 is 0 Å². The second-order valence-electron chi connectivity index (χ2n) is 3.03. The Labute approximate surface area is 119 Å². The predicted octanol–water partition coefficient (Wildman–Crippen LogP) is 5.16. The van der Waals surface area contributed by atoms with Crippen molar-refractivity contribution >= 4 is 60.6 Å². The van der Waals surface area contributed by atoms with Gasteiger partial charge in [-0.3, -0.25) is 4.79 Å². The average Bonchev–Trinajstić information content (AvgIpc) is 2.68. The van der Waals surface area contributed by atoms with E-state index in [0.29, 0.717) is 15.5 Å². The van der Waals surface area contributed by atoms with Crippen LogP contribution in [0.15, 0.2) is 38.6 Å². The summed E-state index contributed by atoms with van der Waals surface area (Å²) in [6, 6.07) is 8.97. The molecule has 1 aromatic heterocycles. The quantitative estimate of drug-likeness (QED) is 0.658. The van der Waals surface area contributed by atoms with Crippen molar-refractivity contribution in [2.45, 2.75) is 0 Å². The number of halogens is 3. The molecule has 0 aliphatic heterocycles. The summed E-state index contributed by atoms with van der Waals surface area (Å²) >= 11 is 14.1. The van der Waals surface area contributed by atoms with Crippen molar-refractivity contribution in [3.63, 3.8) is 0 Å². The Kier molecular flexibility index (Phi) is 3.85. The van der Waals surface area contributed by atoms with Gasteiger partial charge in [-0.1, -0.05) is 17.7 Å². The van der Waals surface area contributed by atoms with Crippen molar-refractivity contribution in [2.24, 2.45) is 0 Å². The molecular weight excluding hydrogens is 375 g/mol. The Hall–Kier alpha value is -0.160. The van der Waals surface area contributed by atoms with Gasteiger partial charge in [-0.05, 0) is 56.1 Å². The Bertz CT molecular complexity index is 551. The molecule has 0 radical (unpaired) electrons. The second-order valence-corrected chi connectivity index (χ2v) is 6.73. The monoisotopic (exact) mass is 378 g/mol. The molecular formula is C11H5Br2ClOS. The standard InChI is InChI=1S/C11H5Br2ClOS/c12-7-3-1-2-6(10(7)14)11(15)8-4-5-9(13)16-8/h1-5H. The lowest BCUT2D eigenvalue weighted by Gasteiger charge is -2.02. The zero-order valence-corrected chi connectivity index (χ0v) is 12.6. The summed E-state index contributed by atoms with van der Waals surface area (Å²) in [5, 5.41) is 0.456. The van der Waals surface area contributed by atoms with Gasteiger partial charge in [0.2, 0.25) is 5.78 Å². The summed E-state index contributed by atoms with van der Waals surface area (Å²) in [7, 11) is 0. The minimum atomic E-state index is -0.0537. The second kappa shape index (κ2) is 5.00. The normalized spacial score (nSPS) is 10.4. The van der Waals surface area contributed by atoms with Crippen LogP contribution in [0.25, 0.3) is 0 Å². The molecule has 0 fully saturated rings. The molecule has 0 N–H and O–H groups in total. The number of ketones is 1. The summed E-state index contributed by atoms with van der Waals surface area (Å²) in [5.74, 6) is -0.0537. The van der Waals surface area contributed by atoms with Gasteiger partial charge in [-0.25, -0.2) is 0 Å². The third kappa shape index (κ3) is 2.40. The lowest BCUT2D eigenvalue weighted by Crippen LogP contribution is -1.99. The molecule has 2 aromatic rings. The van der Waals surface area contributed by atoms with E-state index in [4.69, 9.17) is 11.6 Å². The molecule has 0 saturated carbocycles. The molecule has 0 saturated heterocycles. The van der Waals surface area contributed by atoms with Crippen LogP contribution in [0.3, 0.4) is 0 Å². The van der Waals surface area contributed by atoms with Gasteiger partial charge in [-0.2, -0.15) is 0 Å². The van der Waals surface area contributed by atoms with E-state index in [0.717, 1.165) is 8.26 Å². The van der Waals surface area contributed by atoms with Crippen molar-refractivity contribution in [2.75, 3.05) is 0 Å². The van der Waals surface area contributed by atoms with E-state index >= 15 is 0 Å². The van der Waals surface area contributed by atoms with Gasteiger partial charge in [0.1, 0.15) is 0 Å². The topological polar surface area (TPSA) is 17.1 Å². The Morgan fingerprint density at radius 2 is 1.94 bits per heavy atom. The summed E-state index contributed by atoms with van der Waals surface area (Å²) in [5.41, 5.74) is 0.519. The number of hydrogen-bond donors (Lipinski definition) is 0. The highest BCUT2D eigenvalue weighted by Gasteiger charge is 2.15. The number of rotatable bonds is 2. The minimum absolute atomic E-state index is 0.0537. The molecule has 0 amide bonds. The molecule has 82 valence electrons. The van der Waals surface area contributed by atoms with Gasteiger partial charge >= 0.3 is 0 Å². The molecule has 0 atom stereocenters. The molecule has 0 aliphatic carbocycles. The lowest BCUT2D eigenvalue weighted by atomic mass is 10.1. The molecule has 1 nitrogen and oxygen atoms in total. The van der Waals surface area contributed by atoms with Crippen molar-refractivity contribution < 1.29 is 4.79 Å². The number of thiophene rings is 1. The Morgan fingerprint density at radius 3 is 2.56 bits per heavy atom. The van der Waals surface area contributed by atoms with Crippen LogP contribution in [0.2, 0.25) is 5.02 Å². The molecule has 0 spiro atoms. The van der Waals surface area contributed by atoms with Gasteiger partial charge in [0.25, 0.3) is 0 Å². The van der Waals surface area contributed by atoms with Crippen LogP contribution in [0, 0.1) is 0 Å². The molecule has 2 rings (SSSR count). The van der Waals surface area contributed by atoms with Gasteiger partial charge in [0.05, 0.1) is 13.7 Å². The molecule has 16 heavy (non-hydrogen) atoms. The van der Waals surface area contributed by atoms with E-state index in [1.165, 1.54) is 11.3 Å². The van der Waals surface area contributed by atoms with Crippen LogP contribution >= 0.6 is 54.8 Å². The first kappa shape index (κ1) is 12.3. The van der Waals surface area contributed by atoms with E-state index in [-0.39, 0.29) is 5.78 Å². The van der Waals surface area contributed by atoms with Crippen LogP contribution in [0.4, 0.5) is 0 Å². The van der Waals surface area contributed by atoms with Crippen LogP contribution in [-0.4, -0.2) is 5.78 Å². The Morgan fingerprint density at radius 1 is 1.19 bits per heavy atom. The molecule has 0 aliphatic rings. The molecule has 1 heterocycles. The summed E-state index contributed by atoms with van der Waals surface area (Å²) in [6.45, 7) is 0. The highest BCUT2D eigenvalue weighted by atomic mass is 79.9. The minimum Gasteiger partial charge on any atom is -0.288 e. The lowest BCUT2D eigenvalue weighted by molar-refractivity contribution is 0.104. The first-order valence-electron chi connectivity index (χ1n) is 4.33. The first-order valence-corrected chi connectivity index (χ1v) is 7.11. The van der Waals surface area contributed by atoms with E-state index in [9.17, 15) is 4.79 Å². The van der Waals surface area contributed by atoms with Gasteiger partial charge in [0, 0.05) is 10.0 Å². The molecule has 0 unspecified atom stereocenters. The van der Waals surface area contributed by atoms with Gasteiger partial charge in [0.15, 0.2) is 0 Å². The molecule has 5 heteroatoms. The van der Waals surface area contributed by atoms with Crippen LogP contribution in [0.5, 0.6) is 0 Å². The van der Waals surface area contributed by atoms with Crippen LogP contribution in [-0.2, 0) is 0 Å².